The van der Waals surface area contributed by atoms with Crippen molar-refractivity contribution in [1.29, 1.82) is 0 Å². The normalized spacial score (nSPS) is 14.2. The maximum absolute atomic E-state index is 12.7. The smallest absolute Gasteiger partial charge is 0.260 e. The van der Waals surface area contributed by atoms with Gasteiger partial charge in [-0.25, -0.2) is 4.98 Å². The van der Waals surface area contributed by atoms with Crippen molar-refractivity contribution in [3.8, 4) is 5.82 Å². The van der Waals surface area contributed by atoms with Crippen LogP contribution in [0.2, 0.25) is 0 Å². The molecule has 4 aromatic rings. The summed E-state index contributed by atoms with van der Waals surface area (Å²) < 4.78 is 7.28. The van der Waals surface area contributed by atoms with Gasteiger partial charge in [0.15, 0.2) is 5.82 Å². The lowest BCUT2D eigenvalue weighted by Crippen LogP contribution is -2.11. The molecule has 148 valence electrons. The molecule has 0 saturated carbocycles. The van der Waals surface area contributed by atoms with E-state index in [1.807, 2.05) is 39.0 Å². The van der Waals surface area contributed by atoms with Crippen LogP contribution in [0.3, 0.4) is 0 Å². The third-order valence-electron chi connectivity index (χ3n) is 5.58. The highest BCUT2D eigenvalue weighted by Gasteiger charge is 2.19. The van der Waals surface area contributed by atoms with Crippen LogP contribution in [-0.2, 0) is 12.8 Å². The fourth-order valence-electron chi connectivity index (χ4n) is 4.20. The van der Waals surface area contributed by atoms with Gasteiger partial charge < -0.3 is 9.51 Å². The third kappa shape index (κ3) is 3.06. The van der Waals surface area contributed by atoms with Crippen molar-refractivity contribution >= 4 is 33.7 Å². The monoisotopic (exact) mass is 406 g/mol. The van der Waals surface area contributed by atoms with Crippen molar-refractivity contribution in [3.63, 3.8) is 0 Å². The molecule has 1 aliphatic rings. The van der Waals surface area contributed by atoms with Gasteiger partial charge in [0.25, 0.3) is 5.56 Å². The molecule has 5 rings (SSSR count). The Morgan fingerprint density at radius 1 is 1.17 bits per heavy atom. The van der Waals surface area contributed by atoms with E-state index < -0.39 is 0 Å². The SMILES string of the molecule is Cc1cc(-n2c(C)cc(/C=C/c3nc4sc5c(c4c(=O)[nH]3)CCCC5)c2C)no1. The molecule has 4 aromatic heterocycles. The first kappa shape index (κ1) is 18.1. The molecule has 1 aliphatic carbocycles. The first-order chi connectivity index (χ1) is 14.0. The number of fused-ring (bicyclic) bond motifs is 3. The number of hydrogen-bond donors (Lipinski definition) is 1. The van der Waals surface area contributed by atoms with E-state index in [9.17, 15) is 4.79 Å². The predicted octanol–water partition coefficient (Wildman–Crippen LogP) is 4.74. The molecular formula is C22H22N4O2S. The molecule has 0 saturated heterocycles. The minimum absolute atomic E-state index is 0.0300. The van der Waals surface area contributed by atoms with Crippen LogP contribution in [0.1, 0.15) is 51.8 Å². The Kier molecular flexibility index (Phi) is 4.28. The Hall–Kier alpha value is -2.93. The lowest BCUT2D eigenvalue weighted by atomic mass is 9.97. The van der Waals surface area contributed by atoms with E-state index >= 15 is 0 Å². The molecule has 29 heavy (non-hydrogen) atoms. The first-order valence-electron chi connectivity index (χ1n) is 9.86. The van der Waals surface area contributed by atoms with Crippen LogP contribution in [0.15, 0.2) is 21.5 Å². The second kappa shape index (κ2) is 6.84. The van der Waals surface area contributed by atoms with Gasteiger partial charge in [0.1, 0.15) is 16.4 Å². The lowest BCUT2D eigenvalue weighted by Gasteiger charge is -2.09. The van der Waals surface area contributed by atoms with Gasteiger partial charge in [-0.2, -0.15) is 0 Å². The number of thiophene rings is 1. The van der Waals surface area contributed by atoms with Crippen molar-refractivity contribution < 1.29 is 4.52 Å². The number of aromatic amines is 1. The van der Waals surface area contributed by atoms with Gasteiger partial charge in [-0.1, -0.05) is 5.16 Å². The summed E-state index contributed by atoms with van der Waals surface area (Å²) in [6.07, 6.45) is 8.27. The van der Waals surface area contributed by atoms with Gasteiger partial charge in [0, 0.05) is 22.3 Å². The molecule has 0 atom stereocenters. The largest absolute Gasteiger partial charge is 0.360 e. The molecule has 4 heterocycles. The number of aromatic nitrogens is 4. The van der Waals surface area contributed by atoms with E-state index in [1.54, 1.807) is 11.3 Å². The average Bonchev–Trinajstić information content (AvgIpc) is 3.35. The minimum Gasteiger partial charge on any atom is -0.360 e. The molecule has 0 aliphatic heterocycles. The maximum atomic E-state index is 12.7. The van der Waals surface area contributed by atoms with E-state index in [-0.39, 0.29) is 5.56 Å². The average molecular weight is 407 g/mol. The summed E-state index contributed by atoms with van der Waals surface area (Å²) >= 11 is 1.67. The fraction of sp³-hybridized carbons (Fsp3) is 0.318. The van der Waals surface area contributed by atoms with Crippen molar-refractivity contribution in [1.82, 2.24) is 19.7 Å². The standard InChI is InChI=1S/C22H22N4O2S/c1-12-10-15(14(3)26(12)19-11-13(2)28-25-19)8-9-18-23-21(27)20-16-6-4-5-7-17(16)29-22(20)24-18/h8-11H,4-7H2,1-3H3,(H,23,24,27)/b9-8+. The molecule has 0 fully saturated rings. The van der Waals surface area contributed by atoms with Gasteiger partial charge >= 0.3 is 0 Å². The zero-order valence-electron chi connectivity index (χ0n) is 16.7. The van der Waals surface area contributed by atoms with Crippen LogP contribution in [0.4, 0.5) is 0 Å². The third-order valence-corrected chi connectivity index (χ3v) is 6.76. The Balaban J connectivity index is 1.52. The summed E-state index contributed by atoms with van der Waals surface area (Å²) in [4.78, 5) is 22.6. The van der Waals surface area contributed by atoms with Gasteiger partial charge in [0.2, 0.25) is 0 Å². The minimum atomic E-state index is -0.0300. The van der Waals surface area contributed by atoms with Crippen LogP contribution in [0.5, 0.6) is 0 Å². The number of aryl methyl sites for hydroxylation is 4. The van der Waals surface area contributed by atoms with Crippen LogP contribution in [-0.4, -0.2) is 19.7 Å². The molecular weight excluding hydrogens is 384 g/mol. The van der Waals surface area contributed by atoms with Crippen LogP contribution in [0.25, 0.3) is 28.2 Å². The van der Waals surface area contributed by atoms with E-state index in [0.717, 1.165) is 58.0 Å². The molecule has 1 N–H and O–H groups in total. The highest BCUT2D eigenvalue weighted by Crippen LogP contribution is 2.33. The molecule has 0 aromatic carbocycles. The van der Waals surface area contributed by atoms with E-state index in [2.05, 4.69) is 20.8 Å². The van der Waals surface area contributed by atoms with Gasteiger partial charge in [-0.05, 0) is 75.8 Å². The Labute approximate surface area is 171 Å². The van der Waals surface area contributed by atoms with Crippen LogP contribution < -0.4 is 5.56 Å². The summed E-state index contributed by atoms with van der Waals surface area (Å²) in [5, 5.41) is 4.92. The summed E-state index contributed by atoms with van der Waals surface area (Å²) in [6.45, 7) is 5.96. The van der Waals surface area contributed by atoms with Gasteiger partial charge in [-0.15, -0.1) is 11.3 Å². The quantitative estimate of drug-likeness (QED) is 0.533. The number of hydrogen-bond acceptors (Lipinski definition) is 5. The second-order valence-corrected chi connectivity index (χ2v) is 8.72. The molecule has 0 amide bonds. The van der Waals surface area contributed by atoms with Gasteiger partial charge in [-0.3, -0.25) is 9.36 Å². The number of nitrogens with one attached hydrogen (secondary N) is 1. The molecule has 0 bridgehead atoms. The molecule has 6 nitrogen and oxygen atoms in total. The topological polar surface area (TPSA) is 76.7 Å². The van der Waals surface area contributed by atoms with E-state index in [1.165, 1.54) is 16.9 Å². The molecule has 0 spiro atoms. The fourth-order valence-corrected chi connectivity index (χ4v) is 5.46. The number of rotatable bonds is 3. The summed E-state index contributed by atoms with van der Waals surface area (Å²) in [5.74, 6) is 2.13. The maximum Gasteiger partial charge on any atom is 0.260 e. The van der Waals surface area contributed by atoms with Crippen molar-refractivity contribution in [2.24, 2.45) is 0 Å². The summed E-state index contributed by atoms with van der Waals surface area (Å²) in [6, 6.07) is 4.01. The Morgan fingerprint density at radius 2 is 2.00 bits per heavy atom. The molecule has 0 unspecified atom stereocenters. The molecule has 7 heteroatoms. The highest BCUT2D eigenvalue weighted by atomic mass is 32.1. The number of nitrogens with zero attached hydrogens (tertiary/aromatic N) is 3. The number of H-pyrrole nitrogens is 1. The Morgan fingerprint density at radius 3 is 2.79 bits per heavy atom. The van der Waals surface area contributed by atoms with Crippen LogP contribution in [0, 0.1) is 20.8 Å². The van der Waals surface area contributed by atoms with Crippen molar-refractivity contribution in [2.45, 2.75) is 46.5 Å². The summed E-state index contributed by atoms with van der Waals surface area (Å²) in [5.41, 5.74) is 4.36. The first-order valence-corrected chi connectivity index (χ1v) is 10.7. The van der Waals surface area contributed by atoms with Gasteiger partial charge in [0.05, 0.1) is 5.39 Å². The van der Waals surface area contributed by atoms with E-state index in [4.69, 9.17) is 9.51 Å². The second-order valence-electron chi connectivity index (χ2n) is 7.63. The van der Waals surface area contributed by atoms with Crippen molar-refractivity contribution in [2.75, 3.05) is 0 Å². The highest BCUT2D eigenvalue weighted by molar-refractivity contribution is 7.18. The van der Waals surface area contributed by atoms with Crippen molar-refractivity contribution in [3.05, 3.63) is 61.5 Å². The summed E-state index contributed by atoms with van der Waals surface area (Å²) in [7, 11) is 0. The zero-order chi connectivity index (χ0) is 20.1. The predicted molar refractivity (Wildman–Crippen MR) is 116 cm³/mol. The lowest BCUT2D eigenvalue weighted by molar-refractivity contribution is 0.394. The Bertz CT molecular complexity index is 1320. The molecule has 0 radical (unpaired) electrons. The van der Waals surface area contributed by atoms with E-state index in [0.29, 0.717) is 5.82 Å². The van der Waals surface area contributed by atoms with Crippen LogP contribution >= 0.6 is 11.3 Å². The zero-order valence-corrected chi connectivity index (χ0v) is 17.5.